The monoisotopic (exact) mass is 619 g/mol. The Morgan fingerprint density at radius 3 is 2.48 bits per heavy atom. The van der Waals surface area contributed by atoms with Crippen LogP contribution in [0.5, 0.6) is 17.2 Å². The molecule has 1 atom stereocenters. The van der Waals surface area contributed by atoms with Crippen molar-refractivity contribution >= 4 is 12.0 Å². The number of benzene rings is 2. The molecule has 44 heavy (non-hydrogen) atoms. The number of aromatic nitrogens is 1. The average molecular weight is 620 g/mol. The van der Waals surface area contributed by atoms with E-state index in [0.29, 0.717) is 24.7 Å². The Morgan fingerprint density at radius 1 is 1.11 bits per heavy atom. The lowest BCUT2D eigenvalue weighted by molar-refractivity contribution is -0.0515. The number of nitrogens with two attached hydrogens (primary N) is 1. The molecule has 3 aromatic rings. The van der Waals surface area contributed by atoms with Gasteiger partial charge in [-0.3, -0.25) is 4.79 Å². The van der Waals surface area contributed by atoms with Crippen molar-refractivity contribution < 1.29 is 46.1 Å². The Labute approximate surface area is 253 Å². The van der Waals surface area contributed by atoms with Gasteiger partial charge in [0.1, 0.15) is 17.3 Å². The number of carbonyl (C=O) groups excluding carboxylic acids is 2. The Kier molecular flexibility index (Phi) is 10.3. The number of ether oxygens (including phenoxy) is 4. The molecule has 1 fully saturated rings. The summed E-state index contributed by atoms with van der Waals surface area (Å²) < 4.78 is 67.9. The van der Waals surface area contributed by atoms with Crippen LogP contribution in [-0.4, -0.2) is 36.8 Å². The van der Waals surface area contributed by atoms with Crippen LogP contribution in [0.3, 0.4) is 0 Å². The van der Waals surface area contributed by atoms with E-state index in [9.17, 15) is 22.8 Å². The second-order valence-corrected chi connectivity index (χ2v) is 11.6. The maximum Gasteiger partial charge on any atom is 0.405 e. The highest BCUT2D eigenvalue weighted by Crippen LogP contribution is 2.39. The molecule has 1 heterocycles. The van der Waals surface area contributed by atoms with Gasteiger partial charge in [0.05, 0.1) is 25.3 Å². The van der Waals surface area contributed by atoms with Crippen LogP contribution < -0.4 is 25.3 Å². The summed E-state index contributed by atoms with van der Waals surface area (Å²) in [6.45, 7) is 4.89. The number of amides is 2. The summed E-state index contributed by atoms with van der Waals surface area (Å²) in [6.07, 6.45) is 0.204. The Balaban J connectivity index is 1.68. The van der Waals surface area contributed by atoms with E-state index in [-0.39, 0.29) is 58.5 Å². The Hall–Kier alpha value is -4.42. The molecule has 10 nitrogen and oxygen atoms in total. The molecule has 2 aromatic carbocycles. The summed E-state index contributed by atoms with van der Waals surface area (Å²) >= 11 is 0. The van der Waals surface area contributed by atoms with Gasteiger partial charge in [0.25, 0.3) is 5.91 Å². The SMILES string of the molecule is CCOc1ccc(C(=O)NCc2nc(-c3ccc(OC(F)F)c(OCC4CC4)c3)oc2[C@H](CC(C)(C)C)OC(N)=O)c(F)c1. The van der Waals surface area contributed by atoms with Gasteiger partial charge in [-0.1, -0.05) is 20.8 Å². The van der Waals surface area contributed by atoms with E-state index in [1.54, 1.807) is 6.92 Å². The number of halogens is 3. The molecule has 13 heteroatoms. The number of hydrogen-bond acceptors (Lipinski definition) is 8. The summed E-state index contributed by atoms with van der Waals surface area (Å²) in [7, 11) is 0. The zero-order valence-electron chi connectivity index (χ0n) is 25.0. The number of hydrogen-bond donors (Lipinski definition) is 2. The normalized spacial score (nSPS) is 13.8. The first-order valence-electron chi connectivity index (χ1n) is 14.2. The largest absolute Gasteiger partial charge is 0.494 e. The van der Waals surface area contributed by atoms with Gasteiger partial charge in [-0.2, -0.15) is 8.78 Å². The molecule has 4 rings (SSSR count). The van der Waals surface area contributed by atoms with E-state index >= 15 is 0 Å². The molecular formula is C31H36F3N3O7. The fourth-order valence-electron chi connectivity index (χ4n) is 4.38. The third-order valence-corrected chi connectivity index (χ3v) is 6.57. The second-order valence-electron chi connectivity index (χ2n) is 11.6. The van der Waals surface area contributed by atoms with Gasteiger partial charge in [-0.25, -0.2) is 14.2 Å². The third kappa shape index (κ3) is 9.04. The number of rotatable bonds is 14. The molecule has 0 unspecified atom stereocenters. The second kappa shape index (κ2) is 13.9. The van der Waals surface area contributed by atoms with Crippen molar-refractivity contribution in [3.8, 4) is 28.7 Å². The zero-order chi connectivity index (χ0) is 32.0. The highest BCUT2D eigenvalue weighted by atomic mass is 19.3. The van der Waals surface area contributed by atoms with Crippen LogP contribution in [-0.2, 0) is 11.3 Å². The lowest BCUT2D eigenvalue weighted by Crippen LogP contribution is -2.26. The zero-order valence-corrected chi connectivity index (χ0v) is 25.0. The van der Waals surface area contributed by atoms with Gasteiger partial charge >= 0.3 is 12.7 Å². The molecule has 0 aliphatic heterocycles. The molecule has 1 aromatic heterocycles. The van der Waals surface area contributed by atoms with Gasteiger partial charge < -0.3 is 34.4 Å². The molecule has 0 saturated heterocycles. The minimum Gasteiger partial charge on any atom is -0.494 e. The first kappa shape index (κ1) is 32.5. The highest BCUT2D eigenvalue weighted by molar-refractivity contribution is 5.94. The van der Waals surface area contributed by atoms with Crippen LogP contribution in [0.1, 0.15) is 74.9 Å². The molecule has 0 radical (unpaired) electrons. The first-order chi connectivity index (χ1) is 20.8. The minimum atomic E-state index is -3.06. The van der Waals surface area contributed by atoms with E-state index in [1.165, 1.54) is 30.3 Å². The number of oxazole rings is 1. The first-order valence-corrected chi connectivity index (χ1v) is 14.2. The van der Waals surface area contributed by atoms with Crippen LogP contribution in [0.2, 0.25) is 0 Å². The number of nitrogens with zero attached hydrogens (tertiary/aromatic N) is 1. The maximum atomic E-state index is 14.7. The van der Waals surface area contributed by atoms with Gasteiger partial charge in [-0.05, 0) is 67.9 Å². The number of primary amides is 1. The molecule has 2 amide bonds. The van der Waals surface area contributed by atoms with Crippen LogP contribution in [0.25, 0.3) is 11.5 Å². The van der Waals surface area contributed by atoms with E-state index < -0.39 is 30.5 Å². The van der Waals surface area contributed by atoms with Crippen molar-refractivity contribution in [2.24, 2.45) is 17.1 Å². The van der Waals surface area contributed by atoms with Crippen LogP contribution in [0, 0.1) is 17.2 Å². The van der Waals surface area contributed by atoms with Gasteiger partial charge in [-0.15, -0.1) is 0 Å². The Bertz CT molecular complexity index is 1470. The molecule has 0 bridgehead atoms. The quantitative estimate of drug-likeness (QED) is 0.202. The van der Waals surface area contributed by atoms with Crippen LogP contribution in [0.4, 0.5) is 18.0 Å². The van der Waals surface area contributed by atoms with Gasteiger partial charge in [0.15, 0.2) is 23.4 Å². The summed E-state index contributed by atoms with van der Waals surface area (Å²) in [5, 5.41) is 2.62. The summed E-state index contributed by atoms with van der Waals surface area (Å²) in [4.78, 5) is 29.3. The predicted octanol–water partition coefficient (Wildman–Crippen LogP) is 6.77. The smallest absolute Gasteiger partial charge is 0.405 e. The van der Waals surface area contributed by atoms with E-state index in [2.05, 4.69) is 15.0 Å². The lowest BCUT2D eigenvalue weighted by atomic mass is 9.88. The molecular weight excluding hydrogens is 583 g/mol. The minimum absolute atomic E-state index is 0.0309. The van der Waals surface area contributed by atoms with Gasteiger partial charge in [0, 0.05) is 11.6 Å². The van der Waals surface area contributed by atoms with Crippen molar-refractivity contribution in [1.82, 2.24) is 10.3 Å². The number of carbonyl (C=O) groups is 2. The summed E-state index contributed by atoms with van der Waals surface area (Å²) in [5.41, 5.74) is 5.32. The third-order valence-electron chi connectivity index (χ3n) is 6.57. The van der Waals surface area contributed by atoms with Crippen molar-refractivity contribution in [1.29, 1.82) is 0 Å². The van der Waals surface area contributed by atoms with Crippen LogP contribution >= 0.6 is 0 Å². The summed E-state index contributed by atoms with van der Waals surface area (Å²) in [5.74, 6) is -0.818. The fourth-order valence-corrected chi connectivity index (χ4v) is 4.38. The molecule has 1 saturated carbocycles. The molecule has 1 aliphatic carbocycles. The molecule has 238 valence electrons. The lowest BCUT2D eigenvalue weighted by Gasteiger charge is -2.24. The topological polar surface area (TPSA) is 135 Å². The summed E-state index contributed by atoms with van der Waals surface area (Å²) in [6, 6.07) is 8.13. The van der Waals surface area contributed by atoms with Crippen molar-refractivity contribution in [2.75, 3.05) is 13.2 Å². The standard InChI is InChI=1S/C31H36F3N3O7/c1-5-40-19-9-10-20(21(32)13-19)27(38)36-15-22-26(25(43-30(35)39)14-31(2,3)4)44-28(37-22)18-8-11-23(42-29(33)34)24(12-18)41-16-17-6-7-17/h8-13,17,25,29H,5-7,14-16H2,1-4H3,(H2,35,39)(H,36,38)/t25-/m0/s1. The molecule has 1 aliphatic rings. The Morgan fingerprint density at radius 2 is 1.86 bits per heavy atom. The predicted molar refractivity (Wildman–Crippen MR) is 153 cm³/mol. The molecule has 0 spiro atoms. The maximum absolute atomic E-state index is 14.7. The molecule has 3 N–H and O–H groups in total. The van der Waals surface area contributed by atoms with Crippen molar-refractivity contribution in [2.45, 2.75) is 66.2 Å². The van der Waals surface area contributed by atoms with Crippen molar-refractivity contribution in [3.63, 3.8) is 0 Å². The fraction of sp³-hybridized carbons (Fsp3) is 0.452. The average Bonchev–Trinajstić information content (AvgIpc) is 3.66. The van der Waals surface area contributed by atoms with E-state index in [4.69, 9.17) is 24.4 Å². The number of nitrogens with one attached hydrogen (secondary N) is 1. The van der Waals surface area contributed by atoms with Gasteiger partial charge in [0.2, 0.25) is 5.89 Å². The highest BCUT2D eigenvalue weighted by Gasteiger charge is 2.31. The van der Waals surface area contributed by atoms with Crippen molar-refractivity contribution in [3.05, 3.63) is 59.2 Å². The van der Waals surface area contributed by atoms with E-state index in [0.717, 1.165) is 18.9 Å². The van der Waals surface area contributed by atoms with Crippen LogP contribution in [0.15, 0.2) is 40.8 Å². The van der Waals surface area contributed by atoms with E-state index in [1.807, 2.05) is 20.8 Å². The number of alkyl halides is 2.